The molecule has 0 atom stereocenters. The van der Waals surface area contributed by atoms with E-state index in [1.807, 2.05) is 12.1 Å². The Morgan fingerprint density at radius 2 is 1.69 bits per heavy atom. The van der Waals surface area contributed by atoms with Crippen molar-refractivity contribution in [2.45, 2.75) is 49.5 Å². The fourth-order valence-electron chi connectivity index (χ4n) is 3.37. The van der Waals surface area contributed by atoms with Crippen molar-refractivity contribution in [2.24, 2.45) is 0 Å². The van der Waals surface area contributed by atoms with E-state index >= 15 is 0 Å². The first-order valence-corrected chi connectivity index (χ1v) is 10.6. The number of benzene rings is 2. The van der Waals surface area contributed by atoms with Crippen LogP contribution in [-0.2, 0) is 22.9 Å². The van der Waals surface area contributed by atoms with Gasteiger partial charge in [-0.25, -0.2) is 13.1 Å². The molecule has 2 aliphatic carbocycles. The maximum atomic E-state index is 12.6. The highest BCUT2D eigenvalue weighted by Crippen LogP contribution is 2.28. The molecule has 0 radical (unpaired) electrons. The molecule has 0 aliphatic heterocycles. The van der Waals surface area contributed by atoms with Gasteiger partial charge in [-0.1, -0.05) is 12.1 Å². The van der Waals surface area contributed by atoms with Crippen LogP contribution in [0.15, 0.2) is 47.4 Å². The van der Waals surface area contributed by atoms with Gasteiger partial charge in [-0.2, -0.15) is 0 Å². The SMILES string of the molecule is O=C(Nc1cccc2c1CCCC2)c1ccc(S(=O)(=O)NC2CC2)cc1. The second-order valence-electron chi connectivity index (χ2n) is 7.02. The van der Waals surface area contributed by atoms with Crippen molar-refractivity contribution in [1.82, 2.24) is 4.72 Å². The minimum absolute atomic E-state index is 0.0623. The van der Waals surface area contributed by atoms with Gasteiger partial charge in [-0.05, 0) is 80.0 Å². The smallest absolute Gasteiger partial charge is 0.255 e. The minimum atomic E-state index is -3.49. The van der Waals surface area contributed by atoms with E-state index in [0.717, 1.165) is 37.8 Å². The number of hydrogen-bond donors (Lipinski definition) is 2. The molecule has 2 aromatic rings. The van der Waals surface area contributed by atoms with E-state index in [2.05, 4.69) is 16.1 Å². The fraction of sp³-hybridized carbons (Fsp3) is 0.350. The zero-order valence-corrected chi connectivity index (χ0v) is 15.3. The summed E-state index contributed by atoms with van der Waals surface area (Å²) in [6, 6.07) is 12.2. The van der Waals surface area contributed by atoms with Crippen molar-refractivity contribution in [3.05, 3.63) is 59.2 Å². The Balaban J connectivity index is 1.50. The number of carbonyl (C=O) groups excluding carboxylic acids is 1. The normalized spacial score (nSPS) is 16.8. The van der Waals surface area contributed by atoms with Crippen molar-refractivity contribution in [3.63, 3.8) is 0 Å². The number of anilines is 1. The highest BCUT2D eigenvalue weighted by Gasteiger charge is 2.28. The average molecular weight is 370 g/mol. The third kappa shape index (κ3) is 3.66. The lowest BCUT2D eigenvalue weighted by molar-refractivity contribution is 0.102. The molecule has 1 saturated carbocycles. The van der Waals surface area contributed by atoms with Crippen LogP contribution in [-0.4, -0.2) is 20.4 Å². The standard InChI is InChI=1S/C20H22N2O3S/c23-20(21-19-7-3-5-14-4-1-2-6-18(14)19)15-8-12-17(13-9-15)26(24,25)22-16-10-11-16/h3,5,7-9,12-13,16,22H,1-2,4,6,10-11H2,(H,21,23). The molecular formula is C20H22N2O3S. The van der Waals surface area contributed by atoms with Gasteiger partial charge in [0.05, 0.1) is 4.90 Å². The molecular weight excluding hydrogens is 348 g/mol. The lowest BCUT2D eigenvalue weighted by Crippen LogP contribution is -2.25. The van der Waals surface area contributed by atoms with Crippen LogP contribution in [0.2, 0.25) is 0 Å². The molecule has 1 amide bonds. The highest BCUT2D eigenvalue weighted by molar-refractivity contribution is 7.89. The van der Waals surface area contributed by atoms with Crippen molar-refractivity contribution in [3.8, 4) is 0 Å². The molecule has 0 spiro atoms. The van der Waals surface area contributed by atoms with Crippen LogP contribution in [0.4, 0.5) is 5.69 Å². The van der Waals surface area contributed by atoms with E-state index in [1.165, 1.54) is 29.7 Å². The first-order valence-electron chi connectivity index (χ1n) is 9.07. The van der Waals surface area contributed by atoms with Crippen molar-refractivity contribution >= 4 is 21.6 Å². The zero-order valence-electron chi connectivity index (χ0n) is 14.5. The van der Waals surface area contributed by atoms with Gasteiger partial charge in [-0.3, -0.25) is 4.79 Å². The lowest BCUT2D eigenvalue weighted by Gasteiger charge is -2.19. The zero-order chi connectivity index (χ0) is 18.1. The second-order valence-corrected chi connectivity index (χ2v) is 8.74. The van der Waals surface area contributed by atoms with Crippen molar-refractivity contribution in [1.29, 1.82) is 0 Å². The van der Waals surface area contributed by atoms with Gasteiger partial charge in [0, 0.05) is 17.3 Å². The molecule has 0 unspecified atom stereocenters. The third-order valence-corrected chi connectivity index (χ3v) is 6.51. The van der Waals surface area contributed by atoms with E-state index in [0.29, 0.717) is 5.56 Å². The van der Waals surface area contributed by atoms with Gasteiger partial charge in [-0.15, -0.1) is 0 Å². The number of fused-ring (bicyclic) bond motifs is 1. The van der Waals surface area contributed by atoms with Gasteiger partial charge in [0.2, 0.25) is 10.0 Å². The van der Waals surface area contributed by atoms with Gasteiger partial charge in [0.15, 0.2) is 0 Å². The summed E-state index contributed by atoms with van der Waals surface area (Å²) in [5, 5.41) is 2.98. The summed E-state index contributed by atoms with van der Waals surface area (Å²) in [6.07, 6.45) is 6.15. The summed E-state index contributed by atoms with van der Waals surface area (Å²) >= 11 is 0. The van der Waals surface area contributed by atoms with E-state index < -0.39 is 10.0 Å². The molecule has 4 rings (SSSR count). The van der Waals surface area contributed by atoms with E-state index in [1.54, 1.807) is 12.1 Å². The first kappa shape index (κ1) is 17.2. The van der Waals surface area contributed by atoms with Gasteiger partial charge >= 0.3 is 0 Å². The molecule has 0 bridgehead atoms. The molecule has 2 aromatic carbocycles. The maximum Gasteiger partial charge on any atom is 0.255 e. The number of amides is 1. The van der Waals surface area contributed by atoms with Crippen molar-refractivity contribution in [2.75, 3.05) is 5.32 Å². The Kier molecular flexibility index (Phi) is 4.54. The Labute approximate surface area is 153 Å². The summed E-state index contributed by atoms with van der Waals surface area (Å²) in [6.45, 7) is 0. The second kappa shape index (κ2) is 6.85. The summed E-state index contributed by atoms with van der Waals surface area (Å²) in [5.74, 6) is -0.219. The largest absolute Gasteiger partial charge is 0.322 e. The minimum Gasteiger partial charge on any atom is -0.322 e. The summed E-state index contributed by atoms with van der Waals surface area (Å²) in [4.78, 5) is 12.8. The molecule has 2 aliphatic rings. The summed E-state index contributed by atoms with van der Waals surface area (Å²) in [7, 11) is -3.49. The van der Waals surface area contributed by atoms with Crippen LogP contribution in [0.5, 0.6) is 0 Å². The Morgan fingerprint density at radius 1 is 0.962 bits per heavy atom. The van der Waals surface area contributed by atoms with Crippen LogP contribution in [0.1, 0.15) is 47.2 Å². The summed E-state index contributed by atoms with van der Waals surface area (Å²) < 4.78 is 27.0. The van der Waals surface area contributed by atoms with Crippen molar-refractivity contribution < 1.29 is 13.2 Å². The number of rotatable bonds is 5. The van der Waals surface area contributed by atoms with Crippen LogP contribution >= 0.6 is 0 Å². The van der Waals surface area contributed by atoms with Crippen LogP contribution in [0, 0.1) is 0 Å². The molecule has 1 fully saturated rings. The average Bonchev–Trinajstić information content (AvgIpc) is 3.45. The topological polar surface area (TPSA) is 75.3 Å². The van der Waals surface area contributed by atoms with Gasteiger partial charge in [0.25, 0.3) is 5.91 Å². The lowest BCUT2D eigenvalue weighted by atomic mass is 9.90. The molecule has 6 heteroatoms. The molecule has 0 heterocycles. The maximum absolute atomic E-state index is 12.6. The molecule has 0 saturated heterocycles. The van der Waals surface area contributed by atoms with E-state index in [-0.39, 0.29) is 16.8 Å². The molecule has 26 heavy (non-hydrogen) atoms. The molecule has 0 aromatic heterocycles. The van der Waals surface area contributed by atoms with Crippen LogP contribution in [0.3, 0.4) is 0 Å². The van der Waals surface area contributed by atoms with Crippen LogP contribution < -0.4 is 10.0 Å². The monoisotopic (exact) mass is 370 g/mol. The first-order chi connectivity index (χ1) is 12.5. The van der Waals surface area contributed by atoms with Gasteiger partial charge in [0.1, 0.15) is 0 Å². The van der Waals surface area contributed by atoms with E-state index in [9.17, 15) is 13.2 Å². The Hall–Kier alpha value is -2.18. The quantitative estimate of drug-likeness (QED) is 0.848. The Bertz CT molecular complexity index is 932. The molecule has 2 N–H and O–H groups in total. The predicted octanol–water partition coefficient (Wildman–Crippen LogP) is 3.26. The third-order valence-electron chi connectivity index (χ3n) is 4.97. The molecule has 136 valence electrons. The van der Waals surface area contributed by atoms with Crippen LogP contribution in [0.25, 0.3) is 0 Å². The number of hydrogen-bond acceptors (Lipinski definition) is 3. The van der Waals surface area contributed by atoms with E-state index in [4.69, 9.17) is 0 Å². The number of sulfonamides is 1. The molecule has 5 nitrogen and oxygen atoms in total. The number of aryl methyl sites for hydroxylation is 1. The van der Waals surface area contributed by atoms with Gasteiger partial charge < -0.3 is 5.32 Å². The highest BCUT2D eigenvalue weighted by atomic mass is 32.2. The fourth-order valence-corrected chi connectivity index (χ4v) is 4.67. The predicted molar refractivity (Wildman–Crippen MR) is 101 cm³/mol. The number of nitrogens with one attached hydrogen (secondary N) is 2. The number of carbonyl (C=O) groups is 1. The summed E-state index contributed by atoms with van der Waals surface area (Å²) in [5.41, 5.74) is 3.84. The Morgan fingerprint density at radius 3 is 2.42 bits per heavy atom.